The Hall–Kier alpha value is -2.78. The number of pyridine rings is 1. The molecule has 29 heavy (non-hydrogen) atoms. The molecule has 3 heterocycles. The van der Waals surface area contributed by atoms with Crippen LogP contribution in [0.4, 0.5) is 0 Å². The fourth-order valence-corrected chi connectivity index (χ4v) is 4.30. The minimum absolute atomic E-state index is 0.0793. The Bertz CT molecular complexity index is 1120. The first-order valence-corrected chi connectivity index (χ1v) is 11.2. The molecule has 9 heteroatoms. The van der Waals surface area contributed by atoms with Gasteiger partial charge in [-0.1, -0.05) is 18.2 Å². The van der Waals surface area contributed by atoms with Crippen molar-refractivity contribution in [3.05, 3.63) is 60.0 Å². The molecule has 0 radical (unpaired) electrons. The maximum atomic E-state index is 12.6. The number of nitrogens with two attached hydrogens (primary N) is 1. The van der Waals surface area contributed by atoms with Gasteiger partial charge < -0.3 is 4.90 Å². The number of rotatable bonds is 5. The summed E-state index contributed by atoms with van der Waals surface area (Å²) >= 11 is 0. The number of hydrogen-bond donors (Lipinski definition) is 1. The highest BCUT2D eigenvalue weighted by Gasteiger charge is 2.26. The van der Waals surface area contributed by atoms with E-state index in [-0.39, 0.29) is 10.8 Å². The first-order valence-electron chi connectivity index (χ1n) is 9.61. The fraction of sp³-hybridized carbons (Fsp3) is 0.350. The lowest BCUT2D eigenvalue weighted by molar-refractivity contribution is -0.132. The molecule has 8 nitrogen and oxygen atoms in total. The highest BCUT2D eigenvalue weighted by atomic mass is 32.2. The summed E-state index contributed by atoms with van der Waals surface area (Å²) < 4.78 is 24.6. The molecule has 0 spiro atoms. The zero-order chi connectivity index (χ0) is 20.4. The number of piperidine rings is 1. The lowest BCUT2D eigenvalue weighted by Gasteiger charge is -2.31. The molecular weight excluding hydrogens is 390 g/mol. The van der Waals surface area contributed by atoms with Crippen LogP contribution in [0.5, 0.6) is 0 Å². The van der Waals surface area contributed by atoms with Crippen LogP contribution in [0, 0.1) is 0 Å². The quantitative estimate of drug-likeness (QED) is 0.685. The van der Waals surface area contributed by atoms with Crippen LogP contribution in [-0.2, 0) is 21.2 Å². The van der Waals surface area contributed by atoms with Gasteiger partial charge in [-0.05, 0) is 49.1 Å². The lowest BCUT2D eigenvalue weighted by Crippen LogP contribution is -2.38. The van der Waals surface area contributed by atoms with Crippen LogP contribution in [0.3, 0.4) is 0 Å². The Labute approximate surface area is 169 Å². The van der Waals surface area contributed by atoms with E-state index in [9.17, 15) is 13.2 Å². The third kappa shape index (κ3) is 4.30. The summed E-state index contributed by atoms with van der Waals surface area (Å²) in [4.78, 5) is 14.6. The molecule has 2 N–H and O–H groups in total. The number of aryl methyl sites for hydroxylation is 1. The van der Waals surface area contributed by atoms with Gasteiger partial charge in [-0.2, -0.15) is 0 Å². The smallest absolute Gasteiger partial charge is 0.238 e. The average molecular weight is 414 g/mol. The van der Waals surface area contributed by atoms with E-state index in [4.69, 9.17) is 5.14 Å². The van der Waals surface area contributed by atoms with Gasteiger partial charge >= 0.3 is 0 Å². The van der Waals surface area contributed by atoms with E-state index in [0.717, 1.165) is 29.9 Å². The van der Waals surface area contributed by atoms with Crippen LogP contribution in [0.1, 0.15) is 36.6 Å². The molecule has 1 fully saturated rings. The highest BCUT2D eigenvalue weighted by molar-refractivity contribution is 7.89. The van der Waals surface area contributed by atoms with Crippen LogP contribution >= 0.6 is 0 Å². The minimum atomic E-state index is -3.69. The van der Waals surface area contributed by atoms with Crippen molar-refractivity contribution in [3.8, 4) is 0 Å². The van der Waals surface area contributed by atoms with E-state index in [1.807, 2.05) is 33.7 Å². The number of benzene rings is 1. The molecule has 3 aromatic rings. The van der Waals surface area contributed by atoms with E-state index >= 15 is 0 Å². The molecule has 0 bridgehead atoms. The van der Waals surface area contributed by atoms with Crippen molar-refractivity contribution in [2.45, 2.75) is 36.5 Å². The summed E-state index contributed by atoms with van der Waals surface area (Å²) in [6.07, 6.45) is 4.67. The van der Waals surface area contributed by atoms with Crippen molar-refractivity contribution in [1.29, 1.82) is 0 Å². The van der Waals surface area contributed by atoms with Gasteiger partial charge in [-0.25, -0.2) is 13.6 Å². The Morgan fingerprint density at radius 3 is 2.48 bits per heavy atom. The summed E-state index contributed by atoms with van der Waals surface area (Å²) in [5.74, 6) is 1.37. The molecule has 1 saturated heterocycles. The predicted molar refractivity (Wildman–Crippen MR) is 108 cm³/mol. The summed E-state index contributed by atoms with van der Waals surface area (Å²) in [6.45, 7) is 1.41. The van der Waals surface area contributed by atoms with Crippen molar-refractivity contribution in [3.63, 3.8) is 0 Å². The number of likely N-dealkylation sites (tertiary alicyclic amines) is 1. The summed E-state index contributed by atoms with van der Waals surface area (Å²) in [5, 5.41) is 13.7. The average Bonchev–Trinajstić information content (AvgIpc) is 3.16. The van der Waals surface area contributed by atoms with E-state index in [1.165, 1.54) is 12.1 Å². The molecule has 1 aliphatic heterocycles. The number of sulfonamides is 1. The monoisotopic (exact) mass is 413 g/mol. The molecule has 1 amide bonds. The Kier molecular flexibility index (Phi) is 5.33. The van der Waals surface area contributed by atoms with Crippen molar-refractivity contribution in [2.75, 3.05) is 13.1 Å². The molecule has 0 atom stereocenters. The maximum absolute atomic E-state index is 12.6. The van der Waals surface area contributed by atoms with Gasteiger partial charge in [0.05, 0.1) is 4.90 Å². The number of fused-ring (bicyclic) bond motifs is 1. The second-order valence-corrected chi connectivity index (χ2v) is 8.89. The molecular formula is C20H23N5O3S. The van der Waals surface area contributed by atoms with Crippen molar-refractivity contribution in [1.82, 2.24) is 19.5 Å². The number of aromatic nitrogens is 3. The van der Waals surface area contributed by atoms with Gasteiger partial charge in [0.25, 0.3) is 0 Å². The van der Waals surface area contributed by atoms with Crippen molar-refractivity contribution >= 4 is 21.6 Å². The van der Waals surface area contributed by atoms with E-state index in [0.29, 0.717) is 31.8 Å². The molecule has 0 aliphatic carbocycles. The topological polar surface area (TPSA) is 111 Å². The SMILES string of the molecule is NS(=O)(=O)c1ccc(CCC(=O)N2CCC(c3nnc4ccccn34)CC2)cc1. The van der Waals surface area contributed by atoms with Gasteiger partial charge in [0.15, 0.2) is 5.65 Å². The second-order valence-electron chi connectivity index (χ2n) is 7.33. The number of primary sulfonamides is 1. The number of carbonyl (C=O) groups is 1. The van der Waals surface area contributed by atoms with Crippen LogP contribution < -0.4 is 5.14 Å². The zero-order valence-corrected chi connectivity index (χ0v) is 16.8. The van der Waals surface area contributed by atoms with Crippen LogP contribution in [-0.4, -0.2) is 46.9 Å². The molecule has 4 rings (SSSR count). The second kappa shape index (κ2) is 7.92. The normalized spacial score (nSPS) is 15.7. The number of hydrogen-bond acceptors (Lipinski definition) is 5. The largest absolute Gasteiger partial charge is 0.343 e. The highest BCUT2D eigenvalue weighted by Crippen LogP contribution is 2.27. The predicted octanol–water partition coefficient (Wildman–Crippen LogP) is 1.72. The zero-order valence-electron chi connectivity index (χ0n) is 15.9. The van der Waals surface area contributed by atoms with Crippen molar-refractivity contribution < 1.29 is 13.2 Å². The molecule has 1 aromatic carbocycles. The summed E-state index contributed by atoms with van der Waals surface area (Å²) in [5.41, 5.74) is 1.75. The van der Waals surface area contributed by atoms with Gasteiger partial charge in [-0.15, -0.1) is 10.2 Å². The van der Waals surface area contributed by atoms with Gasteiger partial charge in [0, 0.05) is 31.6 Å². The van der Waals surface area contributed by atoms with Gasteiger partial charge in [0.2, 0.25) is 15.9 Å². The fourth-order valence-electron chi connectivity index (χ4n) is 3.78. The van der Waals surface area contributed by atoms with Gasteiger partial charge in [-0.3, -0.25) is 9.20 Å². The first-order chi connectivity index (χ1) is 13.9. The third-order valence-corrected chi connectivity index (χ3v) is 6.36. The van der Waals surface area contributed by atoms with Crippen LogP contribution in [0.15, 0.2) is 53.6 Å². The van der Waals surface area contributed by atoms with E-state index in [1.54, 1.807) is 12.1 Å². The number of carbonyl (C=O) groups excluding carboxylic acids is 1. The molecule has 0 saturated carbocycles. The Morgan fingerprint density at radius 2 is 1.79 bits per heavy atom. The standard InChI is InChI=1S/C20H23N5O3S/c21-29(27,28)17-7-4-15(5-8-17)6-9-19(26)24-13-10-16(11-14-24)20-23-22-18-3-1-2-12-25(18)20/h1-5,7-8,12,16H,6,9-11,13-14H2,(H2,21,27,28). The number of nitrogens with zero attached hydrogens (tertiary/aromatic N) is 4. The maximum Gasteiger partial charge on any atom is 0.238 e. The summed E-state index contributed by atoms with van der Waals surface area (Å²) in [6, 6.07) is 12.2. The Morgan fingerprint density at radius 1 is 1.07 bits per heavy atom. The van der Waals surface area contributed by atoms with Crippen LogP contribution in [0.25, 0.3) is 5.65 Å². The van der Waals surface area contributed by atoms with Crippen LogP contribution in [0.2, 0.25) is 0 Å². The summed E-state index contributed by atoms with van der Waals surface area (Å²) in [7, 11) is -3.69. The Balaban J connectivity index is 1.31. The molecule has 2 aromatic heterocycles. The van der Waals surface area contributed by atoms with Gasteiger partial charge in [0.1, 0.15) is 5.82 Å². The third-order valence-electron chi connectivity index (χ3n) is 5.43. The number of amides is 1. The lowest BCUT2D eigenvalue weighted by atomic mass is 9.95. The molecule has 1 aliphatic rings. The van der Waals surface area contributed by atoms with Crippen molar-refractivity contribution in [2.24, 2.45) is 5.14 Å². The molecule has 0 unspecified atom stereocenters. The molecule has 152 valence electrons. The minimum Gasteiger partial charge on any atom is -0.343 e. The van der Waals surface area contributed by atoms with E-state index in [2.05, 4.69) is 10.2 Å². The van der Waals surface area contributed by atoms with E-state index < -0.39 is 10.0 Å². The first kappa shape index (κ1) is 19.5.